The van der Waals surface area contributed by atoms with Gasteiger partial charge in [-0.25, -0.2) is 4.98 Å². The fourth-order valence-electron chi connectivity index (χ4n) is 7.30. The first kappa shape index (κ1) is 32.5. The predicted octanol–water partition coefficient (Wildman–Crippen LogP) is 5.70. The Bertz CT molecular complexity index is 1810. The van der Waals surface area contributed by atoms with Crippen LogP contribution >= 0.6 is 11.9 Å². The maximum Gasteiger partial charge on any atom is 0.260 e. The van der Waals surface area contributed by atoms with Crippen LogP contribution in [-0.2, 0) is 10.8 Å². The molecule has 0 aliphatic carbocycles. The number of anilines is 2. The molecule has 2 atom stereocenters. The molecule has 0 bridgehead atoms. The highest BCUT2D eigenvalue weighted by Gasteiger charge is 2.29. The van der Waals surface area contributed by atoms with Crippen molar-refractivity contribution in [1.29, 1.82) is 0 Å². The number of rotatable bonds is 8. The normalized spacial score (nSPS) is 21.0. The van der Waals surface area contributed by atoms with E-state index in [9.17, 15) is 9.00 Å². The van der Waals surface area contributed by atoms with E-state index in [-0.39, 0.29) is 16.9 Å². The molecular weight excluding hydrogens is 627 g/mol. The number of likely N-dealkylation sites (tertiary alicyclic amines) is 1. The van der Waals surface area contributed by atoms with Crippen LogP contribution in [0.2, 0.25) is 0 Å². The minimum absolute atomic E-state index is 0.00341. The van der Waals surface area contributed by atoms with Crippen molar-refractivity contribution in [3.63, 3.8) is 0 Å². The molecule has 2 unspecified atom stereocenters. The summed E-state index contributed by atoms with van der Waals surface area (Å²) in [5.41, 5.74) is 5.19. The number of aromatic nitrogens is 3. The molecule has 2 aromatic heterocycles. The van der Waals surface area contributed by atoms with Gasteiger partial charge in [-0.05, 0) is 113 Å². The largest absolute Gasteiger partial charge is 0.324 e. The van der Waals surface area contributed by atoms with Crippen molar-refractivity contribution in [3.8, 4) is 11.1 Å². The van der Waals surface area contributed by atoms with Crippen molar-refractivity contribution in [2.75, 3.05) is 57.9 Å². The van der Waals surface area contributed by atoms with E-state index in [4.69, 9.17) is 9.97 Å². The van der Waals surface area contributed by atoms with Gasteiger partial charge in [-0.15, -0.1) is 0 Å². The third-order valence-corrected chi connectivity index (χ3v) is 12.9. The third kappa shape index (κ3) is 6.91. The van der Waals surface area contributed by atoms with Crippen LogP contribution in [0.5, 0.6) is 0 Å². The van der Waals surface area contributed by atoms with E-state index in [2.05, 4.69) is 57.4 Å². The molecule has 2 N–H and O–H groups in total. The maximum absolute atomic E-state index is 14.7. The molecule has 5 heterocycles. The first-order chi connectivity index (χ1) is 22.9. The third-order valence-electron chi connectivity index (χ3n) is 10.1. The van der Waals surface area contributed by atoms with Gasteiger partial charge >= 0.3 is 0 Å². The standard InChI is InChI=1S/C36H45N7O2S2/c1-24-4-9-31(33(20-24)47(45)30-13-16-41(2)17-14-30)32-21-27-23-38-36(39-28-7-5-25(6-8-28)26-10-15-37-22-26)40-34(27)43(35(32)44)29-11-18-42(46-3)19-12-29/h4-9,20-21,23,26,29-30,37H,10-19,22H2,1-3H3,(H,38,39,40). The number of pyridine rings is 1. The van der Waals surface area contributed by atoms with Crippen LogP contribution in [0.25, 0.3) is 22.2 Å². The van der Waals surface area contributed by atoms with Crippen LogP contribution < -0.4 is 16.2 Å². The molecule has 0 radical (unpaired) electrons. The molecule has 3 aliphatic heterocycles. The van der Waals surface area contributed by atoms with Crippen LogP contribution in [-0.4, -0.2) is 85.8 Å². The number of piperidine rings is 2. The van der Waals surface area contributed by atoms with Crippen LogP contribution in [0, 0.1) is 6.92 Å². The van der Waals surface area contributed by atoms with Crippen LogP contribution in [0.4, 0.5) is 11.6 Å². The molecule has 0 saturated carbocycles. The lowest BCUT2D eigenvalue weighted by Gasteiger charge is -2.32. The molecule has 3 saturated heterocycles. The Morgan fingerprint density at radius 2 is 1.72 bits per heavy atom. The summed E-state index contributed by atoms with van der Waals surface area (Å²) in [6.07, 6.45) is 8.56. The van der Waals surface area contributed by atoms with Gasteiger partial charge in [-0.3, -0.25) is 17.9 Å². The Kier molecular flexibility index (Phi) is 9.79. The van der Waals surface area contributed by atoms with Gasteiger partial charge < -0.3 is 15.5 Å². The van der Waals surface area contributed by atoms with Crippen molar-refractivity contribution in [1.82, 2.24) is 29.1 Å². The molecule has 0 spiro atoms. The quantitative estimate of drug-likeness (QED) is 0.229. The maximum atomic E-state index is 14.7. The molecule has 9 nitrogen and oxygen atoms in total. The zero-order chi connectivity index (χ0) is 32.5. The van der Waals surface area contributed by atoms with E-state index in [1.807, 2.05) is 42.0 Å². The van der Waals surface area contributed by atoms with Crippen molar-refractivity contribution in [3.05, 3.63) is 76.2 Å². The van der Waals surface area contributed by atoms with Crippen molar-refractivity contribution in [2.45, 2.75) is 61.1 Å². The number of aryl methyl sites for hydroxylation is 1. The van der Waals surface area contributed by atoms with E-state index >= 15 is 0 Å². The van der Waals surface area contributed by atoms with Crippen molar-refractivity contribution >= 4 is 45.4 Å². The second-order valence-corrected chi connectivity index (χ2v) is 15.9. The molecule has 47 heavy (non-hydrogen) atoms. The fourth-order valence-corrected chi connectivity index (χ4v) is 9.57. The number of hydrogen-bond acceptors (Lipinski definition) is 9. The SMILES string of the molecule is CSN1CCC(n2c(=O)c(-c3ccc(C)cc3S(=O)C3CCN(C)CC3)cc3cnc(Nc4ccc(C5CCNC5)cc4)nc32)CC1. The summed E-state index contributed by atoms with van der Waals surface area (Å²) in [4.78, 5) is 27.4. The molecule has 3 aliphatic rings. The van der Waals surface area contributed by atoms with Gasteiger partial charge in [0.05, 0.1) is 10.8 Å². The second kappa shape index (κ2) is 14.2. The van der Waals surface area contributed by atoms with Gasteiger partial charge in [-0.1, -0.05) is 36.2 Å². The van der Waals surface area contributed by atoms with E-state index in [1.165, 1.54) is 5.56 Å². The lowest BCUT2D eigenvalue weighted by molar-refractivity contribution is 0.280. The van der Waals surface area contributed by atoms with Crippen LogP contribution in [0.1, 0.15) is 55.2 Å². The molecule has 0 amide bonds. The Morgan fingerprint density at radius 1 is 0.957 bits per heavy atom. The topological polar surface area (TPSA) is 95.4 Å². The highest BCUT2D eigenvalue weighted by Crippen LogP contribution is 2.34. The highest BCUT2D eigenvalue weighted by atomic mass is 32.2. The fraction of sp³-hybridized carbons (Fsp3) is 0.472. The van der Waals surface area contributed by atoms with Crippen LogP contribution in [0.3, 0.4) is 0 Å². The molecular formula is C36H45N7O2S2. The molecule has 11 heteroatoms. The van der Waals surface area contributed by atoms with Crippen LogP contribution in [0.15, 0.2) is 64.4 Å². The monoisotopic (exact) mass is 671 g/mol. The Labute approximate surface area is 284 Å². The molecule has 7 rings (SSSR count). The summed E-state index contributed by atoms with van der Waals surface area (Å²) in [5.74, 6) is 1.02. The molecule has 3 fully saturated rings. The zero-order valence-corrected chi connectivity index (χ0v) is 29.2. The second-order valence-electron chi connectivity index (χ2n) is 13.3. The van der Waals surface area contributed by atoms with Gasteiger partial charge in [0.25, 0.3) is 5.56 Å². The minimum atomic E-state index is -1.22. The summed E-state index contributed by atoms with van der Waals surface area (Å²) in [5, 5.41) is 7.71. The number of fused-ring (bicyclic) bond motifs is 1. The van der Waals surface area contributed by atoms with Gasteiger partial charge in [0, 0.05) is 64.2 Å². The predicted molar refractivity (Wildman–Crippen MR) is 194 cm³/mol. The minimum Gasteiger partial charge on any atom is -0.324 e. The Morgan fingerprint density at radius 3 is 2.43 bits per heavy atom. The van der Waals surface area contributed by atoms with E-state index in [1.54, 1.807) is 11.9 Å². The first-order valence-corrected chi connectivity index (χ1v) is 19.3. The van der Waals surface area contributed by atoms with Gasteiger partial charge in [0.1, 0.15) is 5.65 Å². The van der Waals surface area contributed by atoms with Gasteiger partial charge in [0.15, 0.2) is 0 Å². The number of benzene rings is 2. The van der Waals surface area contributed by atoms with Crippen molar-refractivity contribution in [2.24, 2.45) is 0 Å². The summed E-state index contributed by atoms with van der Waals surface area (Å²) in [7, 11) is 0.893. The van der Waals surface area contributed by atoms with E-state index < -0.39 is 10.8 Å². The Hall–Kier alpha value is -3.09. The zero-order valence-electron chi connectivity index (χ0n) is 27.6. The Balaban J connectivity index is 1.28. The lowest BCUT2D eigenvalue weighted by Crippen LogP contribution is -2.36. The number of hydrogen-bond donors (Lipinski definition) is 2. The number of nitrogens with zero attached hydrogens (tertiary/aromatic N) is 5. The number of nitrogens with one attached hydrogen (secondary N) is 2. The molecule has 248 valence electrons. The van der Waals surface area contributed by atoms with Gasteiger partial charge in [-0.2, -0.15) is 4.98 Å². The summed E-state index contributed by atoms with van der Waals surface area (Å²) in [6.45, 7) is 7.79. The van der Waals surface area contributed by atoms with E-state index in [0.717, 1.165) is 98.5 Å². The lowest BCUT2D eigenvalue weighted by atomic mass is 9.98. The van der Waals surface area contributed by atoms with E-state index in [0.29, 0.717) is 23.1 Å². The van der Waals surface area contributed by atoms with Gasteiger partial charge in [0.2, 0.25) is 5.95 Å². The average molecular weight is 672 g/mol. The first-order valence-electron chi connectivity index (χ1n) is 16.9. The average Bonchev–Trinajstić information content (AvgIpc) is 3.64. The summed E-state index contributed by atoms with van der Waals surface area (Å²) >= 11 is 1.75. The highest BCUT2D eigenvalue weighted by molar-refractivity contribution is 7.96. The molecule has 4 aromatic rings. The summed E-state index contributed by atoms with van der Waals surface area (Å²) in [6, 6.07) is 16.5. The molecule has 2 aromatic carbocycles. The smallest absolute Gasteiger partial charge is 0.260 e. The summed E-state index contributed by atoms with van der Waals surface area (Å²) < 4.78 is 18.4. The van der Waals surface area contributed by atoms with Crippen molar-refractivity contribution < 1.29 is 4.21 Å².